The lowest BCUT2D eigenvalue weighted by Crippen LogP contribution is -2.44. The molecule has 1 fully saturated rings. The number of hydrogen-bond acceptors (Lipinski definition) is 3. The Kier molecular flexibility index (Phi) is 2.96. The largest absolute Gasteiger partial charge is 0.396 e. The van der Waals surface area contributed by atoms with Crippen molar-refractivity contribution in [2.75, 3.05) is 43.9 Å². The smallest absolute Gasteiger partial charge is 0.184 e. The van der Waals surface area contributed by atoms with Crippen LogP contribution in [0.5, 0.6) is 0 Å². The van der Waals surface area contributed by atoms with Crippen molar-refractivity contribution >= 4 is 11.4 Å². The lowest BCUT2D eigenvalue weighted by atomic mass is 10.2. The zero-order chi connectivity index (χ0) is 11.7. The summed E-state index contributed by atoms with van der Waals surface area (Å²) < 4.78 is 26.9. The first-order chi connectivity index (χ1) is 7.59. The molecule has 0 spiro atoms. The van der Waals surface area contributed by atoms with Crippen molar-refractivity contribution in [2.24, 2.45) is 0 Å². The number of piperazine rings is 1. The fourth-order valence-electron chi connectivity index (χ4n) is 1.85. The Morgan fingerprint density at radius 1 is 1.06 bits per heavy atom. The van der Waals surface area contributed by atoms with Crippen molar-refractivity contribution in [1.29, 1.82) is 0 Å². The molecule has 5 heteroatoms. The van der Waals surface area contributed by atoms with E-state index in [2.05, 4.69) is 4.90 Å². The summed E-state index contributed by atoms with van der Waals surface area (Å²) in [6.45, 7) is 3.12. The highest BCUT2D eigenvalue weighted by Gasteiger charge is 2.20. The van der Waals surface area contributed by atoms with Crippen LogP contribution in [0.25, 0.3) is 0 Å². The Labute approximate surface area is 93.4 Å². The van der Waals surface area contributed by atoms with Gasteiger partial charge in [-0.15, -0.1) is 0 Å². The molecule has 0 saturated carbocycles. The molecule has 1 aromatic rings. The zero-order valence-electron chi connectivity index (χ0n) is 9.21. The summed E-state index contributed by atoms with van der Waals surface area (Å²) in [6.07, 6.45) is 0. The number of likely N-dealkylation sites (N-methyl/N-ethyl adjacent to an activating group) is 1. The highest BCUT2D eigenvalue weighted by Crippen LogP contribution is 2.25. The minimum atomic E-state index is -0.948. The third-order valence-corrected chi connectivity index (χ3v) is 2.94. The van der Waals surface area contributed by atoms with Gasteiger partial charge in [-0.1, -0.05) is 0 Å². The van der Waals surface area contributed by atoms with Crippen LogP contribution in [0.15, 0.2) is 12.1 Å². The van der Waals surface area contributed by atoms with Crippen LogP contribution in [-0.4, -0.2) is 38.1 Å². The van der Waals surface area contributed by atoms with Gasteiger partial charge in [0, 0.05) is 26.2 Å². The van der Waals surface area contributed by atoms with Gasteiger partial charge in [-0.05, 0) is 19.2 Å². The number of nitrogens with two attached hydrogens (primary N) is 1. The van der Waals surface area contributed by atoms with Crippen LogP contribution in [0.4, 0.5) is 20.2 Å². The van der Waals surface area contributed by atoms with Gasteiger partial charge in [0.25, 0.3) is 0 Å². The van der Waals surface area contributed by atoms with Crippen molar-refractivity contribution in [1.82, 2.24) is 4.90 Å². The van der Waals surface area contributed by atoms with E-state index in [0.29, 0.717) is 18.8 Å². The SMILES string of the molecule is CN1CCN(c2ccc(N)c(F)c2F)CC1. The van der Waals surface area contributed by atoms with Gasteiger partial charge in [0.05, 0.1) is 11.4 Å². The molecule has 1 aromatic carbocycles. The molecule has 1 saturated heterocycles. The lowest BCUT2D eigenvalue weighted by Gasteiger charge is -2.34. The van der Waals surface area contributed by atoms with E-state index in [1.807, 2.05) is 11.9 Å². The van der Waals surface area contributed by atoms with Crippen molar-refractivity contribution < 1.29 is 8.78 Å². The fourth-order valence-corrected chi connectivity index (χ4v) is 1.85. The third kappa shape index (κ3) is 1.95. The van der Waals surface area contributed by atoms with Crippen molar-refractivity contribution in [3.8, 4) is 0 Å². The van der Waals surface area contributed by atoms with Crippen LogP contribution in [0.2, 0.25) is 0 Å². The summed E-state index contributed by atoms with van der Waals surface area (Å²) in [5.74, 6) is -1.79. The number of rotatable bonds is 1. The molecule has 2 rings (SSSR count). The summed E-state index contributed by atoms with van der Waals surface area (Å²) in [5, 5.41) is 0. The molecule has 1 heterocycles. The molecule has 0 unspecified atom stereocenters. The summed E-state index contributed by atoms with van der Waals surface area (Å²) in [5.41, 5.74) is 5.46. The molecule has 0 amide bonds. The monoisotopic (exact) mass is 227 g/mol. The number of anilines is 2. The standard InChI is InChI=1S/C11H15F2N3/c1-15-4-6-16(7-5-15)9-3-2-8(14)10(12)11(9)13/h2-3H,4-7,14H2,1H3. The van der Waals surface area contributed by atoms with Gasteiger partial charge in [0.1, 0.15) is 0 Å². The van der Waals surface area contributed by atoms with Gasteiger partial charge < -0.3 is 15.5 Å². The Balaban J connectivity index is 2.24. The Bertz CT molecular complexity index is 387. The molecule has 3 nitrogen and oxygen atoms in total. The van der Waals surface area contributed by atoms with E-state index in [0.717, 1.165) is 13.1 Å². The van der Waals surface area contributed by atoms with Gasteiger partial charge >= 0.3 is 0 Å². The first kappa shape index (κ1) is 11.1. The van der Waals surface area contributed by atoms with E-state index in [-0.39, 0.29) is 5.69 Å². The second kappa shape index (κ2) is 4.25. The molecule has 16 heavy (non-hydrogen) atoms. The average molecular weight is 227 g/mol. The predicted octanol–water partition coefficient (Wildman–Crippen LogP) is 1.30. The van der Waals surface area contributed by atoms with Gasteiger partial charge in [-0.2, -0.15) is 0 Å². The maximum Gasteiger partial charge on any atom is 0.184 e. The van der Waals surface area contributed by atoms with E-state index in [1.165, 1.54) is 6.07 Å². The van der Waals surface area contributed by atoms with Crippen molar-refractivity contribution in [3.63, 3.8) is 0 Å². The van der Waals surface area contributed by atoms with Crippen LogP contribution in [-0.2, 0) is 0 Å². The minimum absolute atomic E-state index is 0.143. The van der Waals surface area contributed by atoms with E-state index >= 15 is 0 Å². The molecule has 0 atom stereocenters. The Hall–Kier alpha value is -1.36. The second-order valence-corrected chi connectivity index (χ2v) is 4.09. The number of hydrogen-bond donors (Lipinski definition) is 1. The lowest BCUT2D eigenvalue weighted by molar-refractivity contribution is 0.311. The van der Waals surface area contributed by atoms with Crippen LogP contribution in [0, 0.1) is 11.6 Å². The molecule has 0 aromatic heterocycles. The normalized spacial score (nSPS) is 17.8. The summed E-state index contributed by atoms with van der Waals surface area (Å²) in [6, 6.07) is 2.95. The third-order valence-electron chi connectivity index (χ3n) is 2.94. The molecule has 1 aliphatic heterocycles. The summed E-state index contributed by atoms with van der Waals surface area (Å²) >= 11 is 0. The molecule has 88 valence electrons. The second-order valence-electron chi connectivity index (χ2n) is 4.09. The molecule has 2 N–H and O–H groups in total. The van der Waals surface area contributed by atoms with Crippen molar-refractivity contribution in [2.45, 2.75) is 0 Å². The van der Waals surface area contributed by atoms with Crippen LogP contribution in [0.1, 0.15) is 0 Å². The van der Waals surface area contributed by atoms with Gasteiger partial charge in [0.2, 0.25) is 0 Å². The van der Waals surface area contributed by atoms with Crippen LogP contribution >= 0.6 is 0 Å². The predicted molar refractivity (Wildman–Crippen MR) is 60.5 cm³/mol. The van der Waals surface area contributed by atoms with E-state index < -0.39 is 11.6 Å². The zero-order valence-corrected chi connectivity index (χ0v) is 9.21. The molecule has 0 radical (unpaired) electrons. The van der Waals surface area contributed by atoms with Gasteiger partial charge in [-0.3, -0.25) is 0 Å². The molecule has 1 aliphatic rings. The van der Waals surface area contributed by atoms with Crippen LogP contribution in [0.3, 0.4) is 0 Å². The quantitative estimate of drug-likeness (QED) is 0.734. The van der Waals surface area contributed by atoms with Crippen molar-refractivity contribution in [3.05, 3.63) is 23.8 Å². The maximum absolute atomic E-state index is 13.6. The van der Waals surface area contributed by atoms with Crippen LogP contribution < -0.4 is 10.6 Å². The Morgan fingerprint density at radius 3 is 2.31 bits per heavy atom. The topological polar surface area (TPSA) is 32.5 Å². The fraction of sp³-hybridized carbons (Fsp3) is 0.455. The first-order valence-electron chi connectivity index (χ1n) is 5.26. The molecule has 0 bridgehead atoms. The number of benzene rings is 1. The number of nitrogen functional groups attached to an aromatic ring is 1. The van der Waals surface area contributed by atoms with Gasteiger partial charge in [-0.25, -0.2) is 8.78 Å². The van der Waals surface area contributed by atoms with E-state index in [4.69, 9.17) is 5.73 Å². The first-order valence-corrected chi connectivity index (χ1v) is 5.26. The highest BCUT2D eigenvalue weighted by atomic mass is 19.2. The van der Waals surface area contributed by atoms with E-state index in [9.17, 15) is 8.78 Å². The minimum Gasteiger partial charge on any atom is -0.396 e. The summed E-state index contributed by atoms with van der Waals surface area (Å²) in [7, 11) is 2.01. The number of halogens is 2. The average Bonchev–Trinajstić information content (AvgIpc) is 2.28. The number of nitrogens with zero attached hydrogens (tertiary/aromatic N) is 2. The van der Waals surface area contributed by atoms with Gasteiger partial charge in [0.15, 0.2) is 11.6 Å². The highest BCUT2D eigenvalue weighted by molar-refractivity contribution is 5.55. The Morgan fingerprint density at radius 2 is 1.69 bits per heavy atom. The summed E-state index contributed by atoms with van der Waals surface area (Å²) in [4.78, 5) is 4.00. The molecular weight excluding hydrogens is 212 g/mol. The van der Waals surface area contributed by atoms with E-state index in [1.54, 1.807) is 6.07 Å². The molecular formula is C11H15F2N3. The molecule has 0 aliphatic carbocycles. The maximum atomic E-state index is 13.6.